The average Bonchev–Trinajstić information content (AvgIpc) is 3.49. The van der Waals surface area contributed by atoms with Crippen LogP contribution in [-0.4, -0.2) is 30.8 Å². The van der Waals surface area contributed by atoms with Crippen molar-refractivity contribution in [1.29, 1.82) is 0 Å². The second kappa shape index (κ2) is 11.1. The summed E-state index contributed by atoms with van der Waals surface area (Å²) < 4.78 is 2.08. The molecule has 0 bridgehead atoms. The number of benzene rings is 2. The van der Waals surface area contributed by atoms with Crippen LogP contribution in [0.3, 0.4) is 0 Å². The minimum absolute atomic E-state index is 0.0722. The summed E-state index contributed by atoms with van der Waals surface area (Å²) in [5, 5.41) is 24.8. The molecule has 1 unspecified atom stereocenters. The van der Waals surface area contributed by atoms with Gasteiger partial charge in [-0.2, -0.15) is 0 Å². The molecule has 0 aliphatic heterocycles. The number of amides is 1. The number of aromatic nitrogens is 3. The molecule has 2 heterocycles. The molecule has 0 saturated carbocycles. The minimum Gasteiger partial charge on any atom is -0.325 e. The zero-order chi connectivity index (χ0) is 23.9. The fourth-order valence-electron chi connectivity index (χ4n) is 3.37. The van der Waals surface area contributed by atoms with E-state index in [1.165, 1.54) is 34.3 Å². The third-order valence-electron chi connectivity index (χ3n) is 5.15. The number of nitrogens with zero attached hydrogens (tertiary/aromatic N) is 4. The summed E-state index contributed by atoms with van der Waals surface area (Å²) >= 11 is 3.00. The van der Waals surface area contributed by atoms with Crippen molar-refractivity contribution in [3.8, 4) is 0 Å². The zero-order valence-electron chi connectivity index (χ0n) is 18.5. The lowest BCUT2D eigenvalue weighted by molar-refractivity contribution is -0.384. The Morgan fingerprint density at radius 2 is 1.97 bits per heavy atom. The van der Waals surface area contributed by atoms with E-state index in [-0.39, 0.29) is 11.6 Å². The second-order valence-corrected chi connectivity index (χ2v) is 9.94. The first-order valence-corrected chi connectivity index (χ1v) is 12.5. The van der Waals surface area contributed by atoms with E-state index in [1.54, 1.807) is 30.4 Å². The van der Waals surface area contributed by atoms with Crippen LogP contribution in [0.15, 0.2) is 77.3 Å². The highest BCUT2D eigenvalue weighted by Crippen LogP contribution is 2.26. The number of non-ortho nitro benzene ring substituents is 1. The van der Waals surface area contributed by atoms with Gasteiger partial charge in [0.15, 0.2) is 5.16 Å². The maximum atomic E-state index is 12.8. The van der Waals surface area contributed by atoms with E-state index >= 15 is 0 Å². The molecule has 174 valence electrons. The van der Waals surface area contributed by atoms with Crippen LogP contribution in [0.2, 0.25) is 0 Å². The molecule has 0 spiro atoms. The molecule has 4 aromatic rings. The average molecular weight is 494 g/mol. The van der Waals surface area contributed by atoms with Crippen molar-refractivity contribution < 1.29 is 9.72 Å². The Morgan fingerprint density at radius 1 is 1.15 bits per heavy atom. The normalized spacial score (nSPS) is 11.8. The third kappa shape index (κ3) is 6.09. The van der Waals surface area contributed by atoms with Gasteiger partial charge in [0.1, 0.15) is 5.82 Å². The Labute approximate surface area is 205 Å². The summed E-state index contributed by atoms with van der Waals surface area (Å²) in [4.78, 5) is 24.5. The highest BCUT2D eigenvalue weighted by atomic mass is 32.2. The molecule has 0 aliphatic carbocycles. The molecule has 1 amide bonds. The van der Waals surface area contributed by atoms with Crippen molar-refractivity contribution in [1.82, 2.24) is 14.8 Å². The number of nitrogens with one attached hydrogen (secondary N) is 1. The monoisotopic (exact) mass is 493 g/mol. The van der Waals surface area contributed by atoms with Crippen molar-refractivity contribution in [2.75, 3.05) is 5.32 Å². The largest absolute Gasteiger partial charge is 0.325 e. The predicted molar refractivity (Wildman–Crippen MR) is 134 cm³/mol. The van der Waals surface area contributed by atoms with Crippen LogP contribution in [-0.2, 0) is 24.2 Å². The van der Waals surface area contributed by atoms with Gasteiger partial charge in [0.25, 0.3) is 5.69 Å². The number of anilines is 1. The number of hydrogen-bond donors (Lipinski definition) is 1. The van der Waals surface area contributed by atoms with Crippen LogP contribution in [0.1, 0.15) is 23.2 Å². The van der Waals surface area contributed by atoms with Crippen molar-refractivity contribution in [3.63, 3.8) is 0 Å². The molecule has 2 aromatic carbocycles. The number of carbonyl (C=O) groups is 1. The number of nitro benzene ring substituents is 1. The van der Waals surface area contributed by atoms with Gasteiger partial charge >= 0.3 is 0 Å². The SMILES string of the molecule is CC(Sc1nnc(Cc2cccs2)n1CCc1ccccc1)C(=O)Nc1cccc([N+](=O)[O-])c1. The van der Waals surface area contributed by atoms with E-state index < -0.39 is 10.2 Å². The smallest absolute Gasteiger partial charge is 0.271 e. The number of carbonyl (C=O) groups excluding carboxylic acids is 1. The van der Waals surface area contributed by atoms with E-state index in [4.69, 9.17) is 0 Å². The van der Waals surface area contributed by atoms with E-state index in [9.17, 15) is 14.9 Å². The topological polar surface area (TPSA) is 103 Å². The fraction of sp³-hybridized carbons (Fsp3) is 0.208. The highest BCUT2D eigenvalue weighted by Gasteiger charge is 2.21. The number of aryl methyl sites for hydroxylation is 1. The van der Waals surface area contributed by atoms with Gasteiger partial charge in [0.2, 0.25) is 5.91 Å². The number of thiophene rings is 1. The highest BCUT2D eigenvalue weighted by molar-refractivity contribution is 8.00. The van der Waals surface area contributed by atoms with Gasteiger partial charge in [-0.25, -0.2) is 0 Å². The predicted octanol–water partition coefficient (Wildman–Crippen LogP) is 5.20. The number of rotatable bonds is 10. The molecular formula is C24H23N5O3S2. The molecular weight excluding hydrogens is 470 g/mol. The number of thioether (sulfide) groups is 1. The van der Waals surface area contributed by atoms with Crippen LogP contribution in [0.4, 0.5) is 11.4 Å². The van der Waals surface area contributed by atoms with E-state index in [0.29, 0.717) is 23.8 Å². The van der Waals surface area contributed by atoms with Crippen molar-refractivity contribution in [2.45, 2.75) is 36.7 Å². The molecule has 0 fully saturated rings. The molecule has 0 saturated heterocycles. The van der Waals surface area contributed by atoms with Gasteiger partial charge in [0.05, 0.1) is 10.2 Å². The van der Waals surface area contributed by atoms with Crippen LogP contribution < -0.4 is 5.32 Å². The van der Waals surface area contributed by atoms with E-state index in [2.05, 4.69) is 38.3 Å². The van der Waals surface area contributed by atoms with Gasteiger partial charge in [-0.05, 0) is 36.4 Å². The number of hydrogen-bond acceptors (Lipinski definition) is 7. The summed E-state index contributed by atoms with van der Waals surface area (Å²) in [5.41, 5.74) is 1.53. The molecule has 1 N–H and O–H groups in total. The zero-order valence-corrected chi connectivity index (χ0v) is 20.1. The summed E-state index contributed by atoms with van der Waals surface area (Å²) in [5.74, 6) is 0.593. The number of nitro groups is 1. The standard InChI is InChI=1S/C24H23N5O3S2/c1-17(23(30)25-19-9-5-10-20(15-19)29(31)32)34-24-27-26-22(16-21-11-6-14-33-21)28(24)13-12-18-7-3-2-4-8-18/h2-11,14-15,17H,12-13,16H2,1H3,(H,25,30). The van der Waals surface area contributed by atoms with Crippen molar-refractivity contribution in [2.24, 2.45) is 0 Å². The van der Waals surface area contributed by atoms with E-state index in [1.807, 2.05) is 29.6 Å². The summed E-state index contributed by atoms with van der Waals surface area (Å²) in [6, 6.07) is 20.2. The summed E-state index contributed by atoms with van der Waals surface area (Å²) in [7, 11) is 0. The Morgan fingerprint density at radius 3 is 2.71 bits per heavy atom. The quantitative estimate of drug-likeness (QED) is 0.185. The molecule has 1 atom stereocenters. The molecule has 0 aliphatic rings. The summed E-state index contributed by atoms with van der Waals surface area (Å²) in [6.45, 7) is 2.48. The van der Waals surface area contributed by atoms with Gasteiger partial charge in [0, 0.05) is 35.7 Å². The second-order valence-electron chi connectivity index (χ2n) is 7.60. The van der Waals surface area contributed by atoms with Gasteiger partial charge in [-0.1, -0.05) is 54.2 Å². The summed E-state index contributed by atoms with van der Waals surface area (Å²) in [6.07, 6.45) is 1.49. The maximum Gasteiger partial charge on any atom is 0.271 e. The third-order valence-corrected chi connectivity index (χ3v) is 7.11. The van der Waals surface area contributed by atoms with Crippen LogP contribution in [0, 0.1) is 10.1 Å². The molecule has 4 rings (SSSR count). The van der Waals surface area contributed by atoms with Gasteiger partial charge in [-0.3, -0.25) is 14.9 Å². The van der Waals surface area contributed by atoms with Crippen LogP contribution in [0.25, 0.3) is 0 Å². The first-order valence-electron chi connectivity index (χ1n) is 10.7. The Kier molecular flexibility index (Phi) is 7.71. The van der Waals surface area contributed by atoms with Crippen LogP contribution >= 0.6 is 23.1 Å². The molecule has 8 nitrogen and oxygen atoms in total. The van der Waals surface area contributed by atoms with Crippen LogP contribution in [0.5, 0.6) is 0 Å². The molecule has 0 radical (unpaired) electrons. The minimum atomic E-state index is -0.488. The van der Waals surface area contributed by atoms with E-state index in [0.717, 1.165) is 12.2 Å². The Balaban J connectivity index is 1.49. The molecule has 34 heavy (non-hydrogen) atoms. The molecule has 10 heteroatoms. The lowest BCUT2D eigenvalue weighted by Gasteiger charge is -2.14. The lowest BCUT2D eigenvalue weighted by atomic mass is 10.1. The Bertz CT molecular complexity index is 1260. The first-order chi connectivity index (χ1) is 16.5. The molecule has 2 aromatic heterocycles. The maximum absolute atomic E-state index is 12.8. The first kappa shape index (κ1) is 23.7. The van der Waals surface area contributed by atoms with Gasteiger partial charge < -0.3 is 9.88 Å². The Hall–Kier alpha value is -3.50. The van der Waals surface area contributed by atoms with Gasteiger partial charge in [-0.15, -0.1) is 21.5 Å². The lowest BCUT2D eigenvalue weighted by Crippen LogP contribution is -2.23. The van der Waals surface area contributed by atoms with Crippen molar-refractivity contribution in [3.05, 3.63) is 98.5 Å². The fourth-order valence-corrected chi connectivity index (χ4v) is 4.96. The van der Waals surface area contributed by atoms with Crippen molar-refractivity contribution >= 4 is 40.4 Å².